The van der Waals surface area contributed by atoms with E-state index in [-0.39, 0.29) is 47.8 Å². The fourth-order valence-corrected chi connectivity index (χ4v) is 8.57. The zero-order chi connectivity index (χ0) is 39.6. The number of benzene rings is 2. The minimum Gasteiger partial charge on any atom is -0.465 e. The van der Waals surface area contributed by atoms with E-state index in [0.717, 1.165) is 30.3 Å². The summed E-state index contributed by atoms with van der Waals surface area (Å²) in [6, 6.07) is 8.33. The number of imidazole rings is 2. The number of likely N-dealkylation sites (tertiary alicyclic amines) is 2. The normalized spacial score (nSPS) is 24.3. The number of carbonyl (C=O) groups is 4. The summed E-state index contributed by atoms with van der Waals surface area (Å²) >= 11 is 0. The van der Waals surface area contributed by atoms with Crippen LogP contribution in [0.25, 0.3) is 22.3 Å². The summed E-state index contributed by atoms with van der Waals surface area (Å²) in [6.45, 7) is 7.39. The van der Waals surface area contributed by atoms with Crippen molar-refractivity contribution < 1.29 is 33.4 Å². The minimum atomic E-state index is -1.25. The van der Waals surface area contributed by atoms with Gasteiger partial charge in [0.25, 0.3) is 0 Å². The summed E-state index contributed by atoms with van der Waals surface area (Å²) in [6.07, 6.45) is 2.98. The van der Waals surface area contributed by atoms with Crippen LogP contribution in [0.5, 0.6) is 0 Å². The maximum atomic E-state index is 15.6. The van der Waals surface area contributed by atoms with Crippen molar-refractivity contribution in [3.63, 3.8) is 0 Å². The number of amides is 4. The molecule has 0 unspecified atom stereocenters. The molecule has 0 bridgehead atoms. The van der Waals surface area contributed by atoms with E-state index < -0.39 is 30.1 Å². The van der Waals surface area contributed by atoms with Crippen molar-refractivity contribution in [1.82, 2.24) is 40.4 Å². The van der Waals surface area contributed by atoms with Gasteiger partial charge in [0.05, 0.1) is 42.1 Å². The Morgan fingerprint density at radius 1 is 0.839 bits per heavy atom. The number of hydrogen-bond acceptors (Lipinski definition) is 7. The Hall–Kier alpha value is -5.91. The molecule has 4 aromatic rings. The van der Waals surface area contributed by atoms with E-state index in [0.29, 0.717) is 52.3 Å². The zero-order valence-electron chi connectivity index (χ0n) is 31.8. The number of H-pyrrole nitrogens is 2. The van der Waals surface area contributed by atoms with Crippen LogP contribution in [0.4, 0.5) is 14.0 Å². The number of carboxylic acid groups (broad SMARTS) is 1. The molecule has 0 radical (unpaired) electrons. The molecule has 4 amide bonds. The molecule has 0 spiro atoms. The lowest BCUT2D eigenvalue weighted by Crippen LogP contribution is -2.52. The molecule has 4 aliphatic rings. The van der Waals surface area contributed by atoms with Gasteiger partial charge in [-0.25, -0.2) is 23.9 Å². The van der Waals surface area contributed by atoms with Crippen LogP contribution < -0.4 is 10.6 Å². The topological polar surface area (TPSA) is 186 Å². The second-order valence-electron chi connectivity index (χ2n) is 16.1. The van der Waals surface area contributed by atoms with Crippen LogP contribution in [0.2, 0.25) is 0 Å². The van der Waals surface area contributed by atoms with E-state index in [4.69, 9.17) is 9.72 Å². The molecular weight excluding hydrogens is 719 g/mol. The number of nitrogens with one attached hydrogen (secondary N) is 4. The highest BCUT2D eigenvalue weighted by Crippen LogP contribution is 2.54. The van der Waals surface area contributed by atoms with Gasteiger partial charge < -0.3 is 40.2 Å². The second-order valence-corrected chi connectivity index (χ2v) is 16.1. The maximum Gasteiger partial charge on any atom is 0.407 e. The number of aromatic amines is 2. The third-order valence-electron chi connectivity index (χ3n) is 11.7. The van der Waals surface area contributed by atoms with Gasteiger partial charge in [0.2, 0.25) is 11.8 Å². The molecule has 14 nitrogen and oxygen atoms in total. The lowest BCUT2D eigenvalue weighted by atomic mass is 10.0. The summed E-state index contributed by atoms with van der Waals surface area (Å²) in [4.78, 5) is 70.4. The van der Waals surface area contributed by atoms with Crippen molar-refractivity contribution in [3.05, 3.63) is 71.2 Å². The second kappa shape index (κ2) is 14.3. The quantitative estimate of drug-likeness (QED) is 0.139. The van der Waals surface area contributed by atoms with Crippen molar-refractivity contribution in [3.8, 4) is 23.1 Å². The standard InChI is InChI=1S/C41H45FN8O6/c1-19(2)34(47-40(53)54)38(51)49-30-14-23(30)16-32(49)36-43-18-29(46-36)25-10-8-21(12-26(25)42)6-7-22-9-11-27-28(13-22)45-37(44-27)33-17-24-15-31(24)50(33)39(52)35(20(3)4)48-41(55)56-5/h8-13,18-20,23-24,30-35,47H,14-17H2,1-5H3,(H,43,46)(H,44,45)(H,48,55)(H,53,54)/t23-,24+,30-,31-,32+,33+,34+,35+/m1/s1. The Morgan fingerprint density at radius 3 is 2.02 bits per heavy atom. The molecule has 8 rings (SSSR count). The zero-order valence-corrected chi connectivity index (χ0v) is 31.8. The molecule has 5 N–H and O–H groups in total. The number of rotatable bonds is 9. The van der Waals surface area contributed by atoms with Crippen molar-refractivity contribution in [2.75, 3.05) is 7.11 Å². The number of nitrogens with zero attached hydrogens (tertiary/aromatic N) is 4. The summed E-state index contributed by atoms with van der Waals surface area (Å²) in [5.41, 5.74) is 3.46. The van der Waals surface area contributed by atoms with Crippen molar-refractivity contribution in [1.29, 1.82) is 0 Å². The summed E-state index contributed by atoms with van der Waals surface area (Å²) in [7, 11) is 1.28. The van der Waals surface area contributed by atoms with Gasteiger partial charge in [-0.05, 0) is 85.8 Å². The predicted molar refractivity (Wildman–Crippen MR) is 202 cm³/mol. The number of ether oxygens (including phenoxy) is 1. The van der Waals surface area contributed by atoms with Gasteiger partial charge in [-0.3, -0.25) is 9.59 Å². The Balaban J connectivity index is 0.966. The van der Waals surface area contributed by atoms with E-state index in [2.05, 4.69) is 37.4 Å². The first-order valence-electron chi connectivity index (χ1n) is 19.2. The maximum absolute atomic E-state index is 15.6. The van der Waals surface area contributed by atoms with Crippen molar-refractivity contribution in [2.24, 2.45) is 23.7 Å². The van der Waals surface area contributed by atoms with Crippen molar-refractivity contribution >= 4 is 35.0 Å². The third kappa shape index (κ3) is 6.93. The monoisotopic (exact) mass is 764 g/mol. The van der Waals surface area contributed by atoms with E-state index >= 15 is 4.39 Å². The molecule has 2 saturated carbocycles. The van der Waals surface area contributed by atoms with E-state index in [1.165, 1.54) is 13.2 Å². The fraction of sp³-hybridized carbons (Fsp3) is 0.463. The first-order chi connectivity index (χ1) is 26.8. The number of halogens is 1. The van der Waals surface area contributed by atoms with E-state index in [1.807, 2.05) is 36.9 Å². The van der Waals surface area contributed by atoms with Crippen LogP contribution in [0, 0.1) is 41.3 Å². The van der Waals surface area contributed by atoms with Crippen LogP contribution in [-0.2, 0) is 14.3 Å². The Labute approximate surface area is 323 Å². The highest BCUT2D eigenvalue weighted by atomic mass is 19.1. The van der Waals surface area contributed by atoms with Crippen LogP contribution in [0.15, 0.2) is 42.6 Å². The molecule has 2 aliphatic heterocycles. The van der Waals surface area contributed by atoms with E-state index in [1.54, 1.807) is 37.1 Å². The highest BCUT2D eigenvalue weighted by Gasteiger charge is 2.57. The Morgan fingerprint density at radius 2 is 1.43 bits per heavy atom. The van der Waals surface area contributed by atoms with E-state index in [9.17, 15) is 24.3 Å². The largest absolute Gasteiger partial charge is 0.465 e. The molecule has 2 aliphatic carbocycles. The molecule has 8 atom stereocenters. The van der Waals surface area contributed by atoms with Gasteiger partial charge in [0.1, 0.15) is 29.5 Å². The number of fused-ring (bicyclic) bond motifs is 3. The lowest BCUT2D eigenvalue weighted by molar-refractivity contribution is -0.137. The van der Waals surface area contributed by atoms with Crippen LogP contribution in [0.3, 0.4) is 0 Å². The number of hydrogen-bond donors (Lipinski definition) is 5. The minimum absolute atomic E-state index is 0.0446. The van der Waals surface area contributed by atoms with Crippen LogP contribution in [-0.4, -0.2) is 90.1 Å². The number of aromatic nitrogens is 4. The van der Waals surface area contributed by atoms with Crippen LogP contribution >= 0.6 is 0 Å². The van der Waals surface area contributed by atoms with Gasteiger partial charge in [-0.1, -0.05) is 39.5 Å². The molecule has 56 heavy (non-hydrogen) atoms. The molecule has 2 aromatic carbocycles. The molecule has 4 heterocycles. The van der Waals surface area contributed by atoms with Crippen molar-refractivity contribution in [2.45, 2.75) is 89.6 Å². The summed E-state index contributed by atoms with van der Waals surface area (Å²) in [5.74, 6) is 6.87. The smallest absolute Gasteiger partial charge is 0.407 e. The number of carbonyl (C=O) groups excluding carboxylic acids is 3. The number of methoxy groups -OCH3 is 1. The summed E-state index contributed by atoms with van der Waals surface area (Å²) in [5, 5.41) is 14.4. The van der Waals surface area contributed by atoms with Gasteiger partial charge >= 0.3 is 12.2 Å². The number of piperidine rings is 2. The lowest BCUT2D eigenvalue weighted by Gasteiger charge is -2.31. The molecule has 2 aromatic heterocycles. The Kier molecular flexibility index (Phi) is 9.46. The van der Waals surface area contributed by atoms with Gasteiger partial charge in [0, 0.05) is 28.8 Å². The predicted octanol–water partition coefficient (Wildman–Crippen LogP) is 5.49. The molecule has 15 heteroatoms. The van der Waals surface area contributed by atoms with Gasteiger partial charge in [-0.2, -0.15) is 0 Å². The average molecular weight is 765 g/mol. The highest BCUT2D eigenvalue weighted by molar-refractivity contribution is 5.88. The molecule has 4 fully saturated rings. The molecule has 292 valence electrons. The van der Waals surface area contributed by atoms with Gasteiger partial charge in [0.15, 0.2) is 0 Å². The van der Waals surface area contributed by atoms with Gasteiger partial charge in [-0.15, -0.1) is 0 Å². The number of alkyl carbamates (subject to hydrolysis) is 1. The first kappa shape index (κ1) is 37.0. The summed E-state index contributed by atoms with van der Waals surface area (Å²) < 4.78 is 20.4. The molecule has 2 saturated heterocycles. The average Bonchev–Trinajstić information content (AvgIpc) is 3.79. The third-order valence-corrected chi connectivity index (χ3v) is 11.7. The SMILES string of the molecule is COC(=O)N[C@H](C(=O)N1[C@@H]2C[C@H]2C[C@H]1c1nc2ccc(C#Cc3ccc(-c4cnc([C@@H]5C[C@H]6C[C@H]6N5C(=O)[C@@H](NC(=O)O)C(C)C)[nH]4)c(F)c3)cc2[nH]1)C(C)C. The molecular formula is C41H45FN8O6. The first-order valence-corrected chi connectivity index (χ1v) is 19.2. The Bertz CT molecular complexity index is 2290. The van der Waals surface area contributed by atoms with Crippen LogP contribution in [0.1, 0.15) is 88.2 Å². The fourth-order valence-electron chi connectivity index (χ4n) is 8.57.